The van der Waals surface area contributed by atoms with E-state index in [4.69, 9.17) is 4.74 Å². The van der Waals surface area contributed by atoms with E-state index in [1.807, 2.05) is 48.6 Å². The van der Waals surface area contributed by atoms with Crippen molar-refractivity contribution in [3.63, 3.8) is 0 Å². The maximum Gasteiger partial charge on any atom is 1.00 e. The van der Waals surface area contributed by atoms with E-state index in [1.54, 1.807) is 30.8 Å². The Morgan fingerprint density at radius 3 is 2.68 bits per heavy atom. The molecule has 0 amide bonds. The molecule has 1 aromatic heterocycles. The Hall–Kier alpha value is -2.71. The molecule has 37 heavy (non-hydrogen) atoms. The molecule has 8 heteroatoms. The fourth-order valence-corrected chi connectivity index (χ4v) is 5.54. The third-order valence-corrected chi connectivity index (χ3v) is 7.69. The van der Waals surface area contributed by atoms with Crippen molar-refractivity contribution in [3.05, 3.63) is 106 Å². The molecule has 1 aliphatic heterocycles. The van der Waals surface area contributed by atoms with Crippen LogP contribution in [0.4, 0.5) is 8.78 Å². The summed E-state index contributed by atoms with van der Waals surface area (Å²) in [5.74, 6) is -2.33. The van der Waals surface area contributed by atoms with Gasteiger partial charge in [0.15, 0.2) is 11.6 Å². The molecule has 4 aromatic rings. The van der Waals surface area contributed by atoms with Crippen LogP contribution >= 0.6 is 11.8 Å². The molecular formula is C29H22F2NNaO3S. The third-order valence-electron chi connectivity index (χ3n) is 6.15. The number of fused-ring (bicyclic) bond motifs is 3. The number of hydrogen-bond acceptors (Lipinski definition) is 5. The number of benzene rings is 3. The summed E-state index contributed by atoms with van der Waals surface area (Å²) in [6, 6.07) is 19.6. The van der Waals surface area contributed by atoms with Crippen molar-refractivity contribution in [3.8, 4) is 5.75 Å². The first-order valence-electron chi connectivity index (χ1n) is 11.5. The quantitative estimate of drug-likeness (QED) is 0.363. The molecule has 0 spiro atoms. The number of hydrogen-bond donors (Lipinski definition) is 0. The van der Waals surface area contributed by atoms with E-state index in [0.29, 0.717) is 29.0 Å². The Bertz CT molecular complexity index is 1490. The third kappa shape index (κ3) is 6.07. The van der Waals surface area contributed by atoms with Crippen molar-refractivity contribution in [1.82, 2.24) is 4.98 Å². The fourth-order valence-electron chi connectivity index (χ4n) is 4.15. The molecule has 2 unspecified atom stereocenters. The average molecular weight is 526 g/mol. The first kappa shape index (κ1) is 27.3. The molecule has 1 aliphatic rings. The zero-order valence-electron chi connectivity index (χ0n) is 20.4. The van der Waals surface area contributed by atoms with Gasteiger partial charge in [0.05, 0.1) is 16.5 Å². The van der Waals surface area contributed by atoms with Gasteiger partial charge in [0, 0.05) is 34.7 Å². The zero-order valence-corrected chi connectivity index (χ0v) is 23.2. The minimum atomic E-state index is -1.07. The van der Waals surface area contributed by atoms with E-state index in [0.717, 1.165) is 40.1 Å². The Labute approximate surface area is 240 Å². The molecule has 0 aliphatic carbocycles. The van der Waals surface area contributed by atoms with Crippen molar-refractivity contribution in [2.75, 3.05) is 5.75 Å². The molecule has 0 N–H and O–H groups in total. The molecule has 2 atom stereocenters. The van der Waals surface area contributed by atoms with Crippen LogP contribution in [0.25, 0.3) is 23.1 Å². The fraction of sp³-hybridized carbons (Fsp3) is 0.172. The first-order chi connectivity index (χ1) is 17.4. The molecule has 4 nitrogen and oxygen atoms in total. The van der Waals surface area contributed by atoms with E-state index >= 15 is 0 Å². The Balaban J connectivity index is 0.00000320. The van der Waals surface area contributed by atoms with Crippen LogP contribution in [0.15, 0.2) is 66.7 Å². The summed E-state index contributed by atoms with van der Waals surface area (Å²) in [5.41, 5.74) is 5.01. The Morgan fingerprint density at radius 1 is 1.08 bits per heavy atom. The number of carboxylic acid groups (broad SMARTS) is 1. The van der Waals surface area contributed by atoms with Gasteiger partial charge >= 0.3 is 29.6 Å². The van der Waals surface area contributed by atoms with Gasteiger partial charge in [-0.2, -0.15) is 0 Å². The molecule has 182 valence electrons. The maximum atomic E-state index is 13.6. The maximum absolute atomic E-state index is 13.6. The molecule has 0 saturated heterocycles. The van der Waals surface area contributed by atoms with Crippen LogP contribution in [-0.4, -0.2) is 16.7 Å². The number of halogens is 2. The summed E-state index contributed by atoms with van der Waals surface area (Å²) in [5, 5.41) is 11.7. The van der Waals surface area contributed by atoms with Crippen molar-refractivity contribution >= 4 is 40.8 Å². The van der Waals surface area contributed by atoms with Gasteiger partial charge < -0.3 is 14.6 Å². The predicted octanol–water partition coefficient (Wildman–Crippen LogP) is 2.79. The van der Waals surface area contributed by atoms with Gasteiger partial charge in [-0.1, -0.05) is 49.4 Å². The number of thioether (sulfide) groups is 1. The summed E-state index contributed by atoms with van der Waals surface area (Å²) >= 11 is 1.56. The SMILES string of the molecule is CC(CSC1c2ccccc2COc2ccc(/C=C/c3ccc4cc(F)c(F)cc4n3)cc21)C(=O)[O-].[Na+]. The number of carbonyl (C=O) groups excluding carboxylic acids is 1. The molecule has 0 radical (unpaired) electrons. The molecule has 0 fully saturated rings. The van der Waals surface area contributed by atoms with Crippen LogP contribution in [0.1, 0.15) is 40.1 Å². The van der Waals surface area contributed by atoms with Gasteiger partial charge in [-0.05, 0) is 47.0 Å². The number of aromatic nitrogens is 1. The minimum Gasteiger partial charge on any atom is -0.550 e. The normalized spacial score (nSPS) is 15.3. The summed E-state index contributed by atoms with van der Waals surface area (Å²) in [6.07, 6.45) is 3.71. The van der Waals surface area contributed by atoms with Gasteiger partial charge in [-0.3, -0.25) is 0 Å². The molecule has 3 aromatic carbocycles. The second-order valence-corrected chi connectivity index (χ2v) is 9.88. The van der Waals surface area contributed by atoms with Crippen LogP contribution in [0, 0.1) is 17.6 Å². The molecule has 5 rings (SSSR count). The van der Waals surface area contributed by atoms with Crippen LogP contribution in [0.3, 0.4) is 0 Å². The number of carbonyl (C=O) groups is 1. The van der Waals surface area contributed by atoms with Crippen molar-refractivity contribution < 1.29 is 53.0 Å². The van der Waals surface area contributed by atoms with Crippen molar-refractivity contribution in [1.29, 1.82) is 0 Å². The van der Waals surface area contributed by atoms with Crippen LogP contribution in [0.5, 0.6) is 5.75 Å². The monoisotopic (exact) mass is 525 g/mol. The largest absolute Gasteiger partial charge is 1.00 e. The number of aliphatic carboxylic acids is 1. The number of ether oxygens (including phenoxy) is 1. The minimum absolute atomic E-state index is 0. The van der Waals surface area contributed by atoms with Crippen LogP contribution in [-0.2, 0) is 11.4 Å². The molecule has 2 heterocycles. The standard InChI is InChI=1S/C29H23F2NO3S.Na/c1-17(29(33)34)16-36-28-22-5-3-2-4-20(22)15-35-27-11-7-18(12-23(27)28)6-9-21-10-8-19-13-24(30)25(31)14-26(19)32-21;/h2-14,17,28H,15-16H2,1H3,(H,33,34);/q;+1/p-1/b9-6+;. The smallest absolute Gasteiger partial charge is 0.550 e. The topological polar surface area (TPSA) is 62.2 Å². The summed E-state index contributed by atoms with van der Waals surface area (Å²) in [7, 11) is 0. The van der Waals surface area contributed by atoms with Crippen molar-refractivity contribution in [2.24, 2.45) is 5.92 Å². The second-order valence-electron chi connectivity index (χ2n) is 8.75. The van der Waals surface area contributed by atoms with Gasteiger partial charge in [0.2, 0.25) is 0 Å². The molecular weight excluding hydrogens is 503 g/mol. The second kappa shape index (κ2) is 11.8. The summed E-state index contributed by atoms with van der Waals surface area (Å²) in [4.78, 5) is 15.7. The van der Waals surface area contributed by atoms with E-state index in [-0.39, 0.29) is 34.8 Å². The Kier molecular flexibility index (Phi) is 8.70. The number of carboxylic acids is 1. The van der Waals surface area contributed by atoms with Crippen molar-refractivity contribution in [2.45, 2.75) is 18.8 Å². The van der Waals surface area contributed by atoms with E-state index in [1.165, 1.54) is 0 Å². The summed E-state index contributed by atoms with van der Waals surface area (Å²) < 4.78 is 33.2. The first-order valence-corrected chi connectivity index (χ1v) is 12.5. The van der Waals surface area contributed by atoms with E-state index in [2.05, 4.69) is 11.1 Å². The molecule has 0 bridgehead atoms. The van der Waals surface area contributed by atoms with E-state index in [9.17, 15) is 18.7 Å². The number of nitrogens with zero attached hydrogens (tertiary/aromatic N) is 1. The zero-order chi connectivity index (χ0) is 25.2. The van der Waals surface area contributed by atoms with Gasteiger partial charge in [-0.25, -0.2) is 13.8 Å². The van der Waals surface area contributed by atoms with Crippen LogP contribution < -0.4 is 39.4 Å². The average Bonchev–Trinajstić information content (AvgIpc) is 3.03. The summed E-state index contributed by atoms with van der Waals surface area (Å²) in [6.45, 7) is 2.09. The predicted molar refractivity (Wildman–Crippen MR) is 136 cm³/mol. The number of rotatable bonds is 6. The van der Waals surface area contributed by atoms with Gasteiger partial charge in [-0.15, -0.1) is 11.8 Å². The van der Waals surface area contributed by atoms with E-state index < -0.39 is 23.5 Å². The Morgan fingerprint density at radius 2 is 1.86 bits per heavy atom. The van der Waals surface area contributed by atoms with Gasteiger partial charge in [0.25, 0.3) is 0 Å². The van der Waals surface area contributed by atoms with Gasteiger partial charge in [0.1, 0.15) is 12.4 Å². The number of pyridine rings is 1. The molecule has 0 saturated carbocycles. The van der Waals surface area contributed by atoms with Crippen LogP contribution in [0.2, 0.25) is 0 Å².